The number of carbonyl (C=O) groups is 1. The molecule has 1 saturated carbocycles. The lowest BCUT2D eigenvalue weighted by molar-refractivity contribution is -0.0979. The number of benzene rings is 1. The predicted octanol–water partition coefficient (Wildman–Crippen LogP) is 3.79. The molecule has 7 nitrogen and oxygen atoms in total. The zero-order valence-corrected chi connectivity index (χ0v) is 15.6. The number of anilines is 3. The van der Waals surface area contributed by atoms with Gasteiger partial charge in [-0.1, -0.05) is 6.07 Å². The van der Waals surface area contributed by atoms with Crippen molar-refractivity contribution in [1.82, 2.24) is 9.97 Å². The standard InChI is InChI=1S/C20H20N4O2.CH2O/c1-24(14-7-10-22-19(14)21)13-5-6-17(23-11-13)26-16-4-2-3-15-18(16)20(8-9-20)12-25-15;1-2/h2-7,10-11,22H,8-9,12,21H2,1H3;1H2. The number of ether oxygens (including phenoxy) is 2. The summed E-state index contributed by atoms with van der Waals surface area (Å²) in [5.74, 6) is 2.99. The fraction of sp³-hybridized carbons (Fsp3) is 0.238. The first-order valence-electron chi connectivity index (χ1n) is 9.02. The Morgan fingerprint density at radius 1 is 1.25 bits per heavy atom. The van der Waals surface area contributed by atoms with Gasteiger partial charge in [0.2, 0.25) is 5.88 Å². The molecule has 2 aromatic heterocycles. The van der Waals surface area contributed by atoms with Crippen LogP contribution in [0, 0.1) is 0 Å². The van der Waals surface area contributed by atoms with Crippen molar-refractivity contribution in [3.63, 3.8) is 0 Å². The lowest BCUT2D eigenvalue weighted by Crippen LogP contribution is -2.11. The SMILES string of the molecule is C=O.CN(c1ccc(Oc2cccc3c2C2(CC2)CO3)nc1)c1cc[nH]c1N. The smallest absolute Gasteiger partial charge is 0.219 e. The Kier molecular flexibility index (Phi) is 4.43. The van der Waals surface area contributed by atoms with Crippen molar-refractivity contribution < 1.29 is 14.3 Å². The molecule has 7 heteroatoms. The van der Waals surface area contributed by atoms with Crippen molar-refractivity contribution in [2.24, 2.45) is 0 Å². The van der Waals surface area contributed by atoms with E-state index in [0.29, 0.717) is 11.7 Å². The normalized spacial score (nSPS) is 15.2. The van der Waals surface area contributed by atoms with Crippen molar-refractivity contribution in [2.45, 2.75) is 18.3 Å². The van der Waals surface area contributed by atoms with Gasteiger partial charge in [0.15, 0.2) is 0 Å². The summed E-state index contributed by atoms with van der Waals surface area (Å²) in [4.78, 5) is 17.4. The zero-order valence-electron chi connectivity index (χ0n) is 15.6. The van der Waals surface area contributed by atoms with E-state index in [1.54, 1.807) is 6.20 Å². The van der Waals surface area contributed by atoms with Gasteiger partial charge in [0.25, 0.3) is 0 Å². The van der Waals surface area contributed by atoms with E-state index in [2.05, 4.69) is 9.97 Å². The van der Waals surface area contributed by atoms with E-state index in [0.717, 1.165) is 42.3 Å². The number of fused-ring (bicyclic) bond motifs is 2. The van der Waals surface area contributed by atoms with Crippen molar-refractivity contribution >= 4 is 24.0 Å². The van der Waals surface area contributed by atoms with Crippen LogP contribution in [0.2, 0.25) is 0 Å². The molecule has 3 heterocycles. The van der Waals surface area contributed by atoms with E-state index < -0.39 is 0 Å². The quantitative estimate of drug-likeness (QED) is 0.717. The van der Waals surface area contributed by atoms with Crippen LogP contribution in [0.1, 0.15) is 18.4 Å². The monoisotopic (exact) mass is 378 g/mol. The molecule has 3 aromatic rings. The lowest BCUT2D eigenvalue weighted by Gasteiger charge is -2.18. The first-order chi connectivity index (χ1) is 13.7. The van der Waals surface area contributed by atoms with E-state index in [9.17, 15) is 0 Å². The Morgan fingerprint density at radius 3 is 2.71 bits per heavy atom. The van der Waals surface area contributed by atoms with Crippen LogP contribution in [0.15, 0.2) is 48.8 Å². The number of hydrogen-bond donors (Lipinski definition) is 2. The molecular formula is C21H22N4O3. The van der Waals surface area contributed by atoms with E-state index >= 15 is 0 Å². The molecule has 1 aliphatic carbocycles. The third-order valence-corrected chi connectivity index (χ3v) is 5.32. The highest BCUT2D eigenvalue weighted by Gasteiger charge is 2.52. The Bertz CT molecular complexity index is 980. The Labute approximate surface area is 163 Å². The second kappa shape index (κ2) is 6.92. The van der Waals surface area contributed by atoms with Crippen LogP contribution in [0.3, 0.4) is 0 Å². The van der Waals surface area contributed by atoms with Crippen molar-refractivity contribution in [2.75, 3.05) is 24.3 Å². The highest BCUT2D eigenvalue weighted by Crippen LogP contribution is 2.58. The third-order valence-electron chi connectivity index (χ3n) is 5.32. The van der Waals surface area contributed by atoms with Crippen molar-refractivity contribution in [3.8, 4) is 17.4 Å². The topological polar surface area (TPSA) is 93.5 Å². The molecule has 144 valence electrons. The summed E-state index contributed by atoms with van der Waals surface area (Å²) in [6.07, 6.45) is 5.93. The number of nitrogens with one attached hydrogen (secondary N) is 1. The summed E-state index contributed by atoms with van der Waals surface area (Å²) in [7, 11) is 1.95. The van der Waals surface area contributed by atoms with Gasteiger partial charge in [0, 0.05) is 30.3 Å². The molecule has 2 aliphatic rings. The molecule has 0 saturated heterocycles. The maximum atomic E-state index is 8.00. The third kappa shape index (κ3) is 2.94. The maximum Gasteiger partial charge on any atom is 0.219 e. The van der Waals surface area contributed by atoms with Gasteiger partial charge < -0.3 is 29.9 Å². The Hall–Kier alpha value is -3.48. The average Bonchev–Trinajstić information content (AvgIpc) is 3.23. The lowest BCUT2D eigenvalue weighted by atomic mass is 9.97. The van der Waals surface area contributed by atoms with Gasteiger partial charge in [0.05, 0.1) is 24.2 Å². The van der Waals surface area contributed by atoms with Crippen LogP contribution < -0.4 is 20.1 Å². The molecule has 3 N–H and O–H groups in total. The molecule has 0 radical (unpaired) electrons. The number of carbonyl (C=O) groups excluding carboxylic acids is 1. The molecular weight excluding hydrogens is 356 g/mol. The van der Waals surface area contributed by atoms with E-state index in [4.69, 9.17) is 20.0 Å². The summed E-state index contributed by atoms with van der Waals surface area (Å²) in [5, 5.41) is 0. The minimum Gasteiger partial charge on any atom is -0.492 e. The van der Waals surface area contributed by atoms with Crippen LogP contribution in [0.25, 0.3) is 0 Å². The van der Waals surface area contributed by atoms with Gasteiger partial charge in [-0.05, 0) is 37.1 Å². The number of H-pyrrole nitrogens is 1. The van der Waals surface area contributed by atoms with Gasteiger partial charge in [-0.15, -0.1) is 0 Å². The molecule has 1 aliphatic heterocycles. The van der Waals surface area contributed by atoms with Gasteiger partial charge in [-0.3, -0.25) is 0 Å². The number of nitrogens with zero attached hydrogens (tertiary/aromatic N) is 2. The highest BCUT2D eigenvalue weighted by atomic mass is 16.5. The molecule has 1 fully saturated rings. The molecule has 1 aromatic carbocycles. The summed E-state index contributed by atoms with van der Waals surface area (Å²) in [5.41, 5.74) is 9.15. The fourth-order valence-corrected chi connectivity index (χ4v) is 3.62. The van der Waals surface area contributed by atoms with Gasteiger partial charge in [-0.2, -0.15) is 0 Å². The molecule has 0 bridgehead atoms. The zero-order chi connectivity index (χ0) is 19.7. The predicted molar refractivity (Wildman–Crippen MR) is 108 cm³/mol. The molecule has 0 amide bonds. The maximum absolute atomic E-state index is 8.00. The minimum atomic E-state index is 0.165. The first-order valence-corrected chi connectivity index (χ1v) is 9.02. The second-order valence-corrected chi connectivity index (χ2v) is 6.99. The number of aromatic amines is 1. The molecule has 28 heavy (non-hydrogen) atoms. The van der Waals surface area contributed by atoms with Crippen molar-refractivity contribution in [3.05, 3.63) is 54.4 Å². The van der Waals surface area contributed by atoms with Gasteiger partial charge in [0.1, 0.15) is 24.1 Å². The molecule has 5 rings (SSSR count). The summed E-state index contributed by atoms with van der Waals surface area (Å²) < 4.78 is 11.9. The van der Waals surface area contributed by atoms with Crippen LogP contribution in [0.4, 0.5) is 17.2 Å². The number of nitrogens with two attached hydrogens (primary N) is 1. The molecule has 0 unspecified atom stereocenters. The fourth-order valence-electron chi connectivity index (χ4n) is 3.62. The van der Waals surface area contributed by atoms with Crippen LogP contribution >= 0.6 is 0 Å². The number of nitrogen functional groups attached to an aromatic ring is 1. The molecule has 0 atom stereocenters. The second-order valence-electron chi connectivity index (χ2n) is 6.99. The van der Waals surface area contributed by atoms with Crippen LogP contribution in [-0.4, -0.2) is 30.4 Å². The first kappa shape index (κ1) is 17.9. The minimum absolute atomic E-state index is 0.165. The van der Waals surface area contributed by atoms with Crippen molar-refractivity contribution in [1.29, 1.82) is 0 Å². The van der Waals surface area contributed by atoms with Gasteiger partial charge >= 0.3 is 0 Å². The van der Waals surface area contributed by atoms with Crippen LogP contribution in [-0.2, 0) is 10.2 Å². The summed E-state index contributed by atoms with van der Waals surface area (Å²) in [6.45, 7) is 2.76. The van der Waals surface area contributed by atoms with Crippen LogP contribution in [0.5, 0.6) is 17.4 Å². The van der Waals surface area contributed by atoms with E-state index in [1.165, 1.54) is 5.56 Å². The largest absolute Gasteiger partial charge is 0.492 e. The summed E-state index contributed by atoms with van der Waals surface area (Å²) >= 11 is 0. The average molecular weight is 378 g/mol. The van der Waals surface area contributed by atoms with E-state index in [1.807, 2.05) is 61.3 Å². The molecule has 1 spiro atoms. The highest BCUT2D eigenvalue weighted by molar-refractivity contribution is 5.71. The Balaban J connectivity index is 0.000000932. The number of aromatic nitrogens is 2. The van der Waals surface area contributed by atoms with Gasteiger partial charge in [-0.25, -0.2) is 4.98 Å². The summed E-state index contributed by atoms with van der Waals surface area (Å²) in [6, 6.07) is 11.8. The number of hydrogen-bond acceptors (Lipinski definition) is 6. The number of rotatable bonds is 4. The number of pyridine rings is 1. The Morgan fingerprint density at radius 2 is 2.07 bits per heavy atom. The van der Waals surface area contributed by atoms with E-state index in [-0.39, 0.29) is 5.41 Å².